The second-order valence-corrected chi connectivity index (χ2v) is 3.02. The Morgan fingerprint density at radius 1 is 1.00 bits per heavy atom. The lowest BCUT2D eigenvalue weighted by molar-refractivity contribution is 0.0952. The molecule has 0 aliphatic rings. The van der Waals surface area contributed by atoms with E-state index in [1.54, 1.807) is 6.07 Å². The number of rotatable bonds is 3. The van der Waals surface area contributed by atoms with Gasteiger partial charge in [-0.2, -0.15) is 0 Å². The third-order valence-corrected chi connectivity index (χ3v) is 1.86. The maximum absolute atomic E-state index is 11.5. The summed E-state index contributed by atoms with van der Waals surface area (Å²) in [6.07, 6.45) is 3.04. The Morgan fingerprint density at radius 3 is 2.38 bits per heavy atom. The Morgan fingerprint density at radius 2 is 1.69 bits per heavy atom. The molecular formula is C11H10N4O. The maximum Gasteiger partial charge on any atom is 0.307 e. The van der Waals surface area contributed by atoms with E-state index in [1.165, 1.54) is 12.4 Å². The van der Waals surface area contributed by atoms with E-state index in [0.717, 1.165) is 5.69 Å². The summed E-state index contributed by atoms with van der Waals surface area (Å²) in [5.41, 5.74) is 6.06. The molecule has 1 aromatic heterocycles. The molecule has 1 amide bonds. The van der Waals surface area contributed by atoms with Crippen LogP contribution in [0.5, 0.6) is 0 Å². The minimum atomic E-state index is -0.371. The van der Waals surface area contributed by atoms with Crippen LogP contribution in [0.1, 0.15) is 10.6 Å². The van der Waals surface area contributed by atoms with Crippen LogP contribution in [0.25, 0.3) is 0 Å². The van der Waals surface area contributed by atoms with E-state index in [9.17, 15) is 4.79 Å². The second kappa shape index (κ2) is 4.88. The Balaban J connectivity index is 1.95. The smallest absolute Gasteiger partial charge is 0.298 e. The molecule has 1 aromatic carbocycles. The summed E-state index contributed by atoms with van der Waals surface area (Å²) in [7, 11) is 0. The summed E-state index contributed by atoms with van der Waals surface area (Å²) in [6.45, 7) is 0. The standard InChI is InChI=1S/C11H10N4O/c16-11(10-12-7-4-8-13-10)15-14-9-5-2-1-3-6-9/h1-8,14H,(H,15,16). The fourth-order valence-corrected chi connectivity index (χ4v) is 1.12. The molecule has 0 fully saturated rings. The van der Waals surface area contributed by atoms with Crippen LogP contribution < -0.4 is 10.9 Å². The van der Waals surface area contributed by atoms with Crippen molar-refractivity contribution >= 4 is 11.6 Å². The lowest BCUT2D eigenvalue weighted by Gasteiger charge is -2.06. The summed E-state index contributed by atoms with van der Waals surface area (Å²) < 4.78 is 0. The normalized spacial score (nSPS) is 9.50. The zero-order valence-electron chi connectivity index (χ0n) is 8.42. The van der Waals surface area contributed by atoms with Crippen molar-refractivity contribution in [2.45, 2.75) is 0 Å². The van der Waals surface area contributed by atoms with Crippen molar-refractivity contribution in [1.29, 1.82) is 0 Å². The first-order valence-electron chi connectivity index (χ1n) is 4.75. The summed E-state index contributed by atoms with van der Waals surface area (Å²) in [4.78, 5) is 19.2. The highest BCUT2D eigenvalue weighted by molar-refractivity contribution is 5.91. The number of nitrogens with zero attached hydrogens (tertiary/aromatic N) is 2. The molecule has 2 N–H and O–H groups in total. The first kappa shape index (κ1) is 10.1. The van der Waals surface area contributed by atoms with Crippen LogP contribution in [0, 0.1) is 0 Å². The predicted octanol–water partition coefficient (Wildman–Crippen LogP) is 1.23. The average molecular weight is 214 g/mol. The summed E-state index contributed by atoms with van der Waals surface area (Å²) in [5.74, 6) is -0.240. The highest BCUT2D eigenvalue weighted by Gasteiger charge is 2.06. The molecule has 0 spiro atoms. The zero-order chi connectivity index (χ0) is 11.2. The van der Waals surface area contributed by atoms with E-state index in [2.05, 4.69) is 20.8 Å². The molecule has 0 aliphatic carbocycles. The number of carbonyl (C=O) groups is 1. The van der Waals surface area contributed by atoms with Gasteiger partial charge in [-0.15, -0.1) is 0 Å². The first-order valence-corrected chi connectivity index (χ1v) is 4.75. The van der Waals surface area contributed by atoms with Crippen molar-refractivity contribution in [3.05, 3.63) is 54.6 Å². The summed E-state index contributed by atoms with van der Waals surface area (Å²) >= 11 is 0. The van der Waals surface area contributed by atoms with Gasteiger partial charge in [-0.3, -0.25) is 15.6 Å². The highest BCUT2D eigenvalue weighted by Crippen LogP contribution is 2.02. The molecule has 0 bridgehead atoms. The Bertz CT molecular complexity index is 458. The molecular weight excluding hydrogens is 204 g/mol. The fourth-order valence-electron chi connectivity index (χ4n) is 1.12. The van der Waals surface area contributed by atoms with Crippen molar-refractivity contribution in [2.75, 3.05) is 5.43 Å². The minimum Gasteiger partial charge on any atom is -0.298 e. The molecule has 16 heavy (non-hydrogen) atoms. The van der Waals surface area contributed by atoms with Crippen LogP contribution in [-0.2, 0) is 0 Å². The van der Waals surface area contributed by atoms with E-state index in [4.69, 9.17) is 0 Å². The van der Waals surface area contributed by atoms with Crippen LogP contribution >= 0.6 is 0 Å². The number of aromatic nitrogens is 2. The third-order valence-electron chi connectivity index (χ3n) is 1.86. The lowest BCUT2D eigenvalue weighted by Crippen LogP contribution is -2.30. The van der Waals surface area contributed by atoms with Gasteiger partial charge in [0.1, 0.15) is 0 Å². The predicted molar refractivity (Wildman–Crippen MR) is 59.6 cm³/mol. The van der Waals surface area contributed by atoms with Gasteiger partial charge in [-0.05, 0) is 18.2 Å². The van der Waals surface area contributed by atoms with Crippen LogP contribution in [0.4, 0.5) is 5.69 Å². The van der Waals surface area contributed by atoms with Gasteiger partial charge in [0.25, 0.3) is 0 Å². The maximum atomic E-state index is 11.5. The largest absolute Gasteiger partial charge is 0.307 e. The van der Waals surface area contributed by atoms with Gasteiger partial charge in [0.2, 0.25) is 5.82 Å². The molecule has 0 saturated carbocycles. The van der Waals surface area contributed by atoms with Crippen molar-refractivity contribution in [1.82, 2.24) is 15.4 Å². The summed E-state index contributed by atoms with van der Waals surface area (Å²) in [6, 6.07) is 11.0. The van der Waals surface area contributed by atoms with E-state index in [0.29, 0.717) is 0 Å². The monoisotopic (exact) mass is 214 g/mol. The molecule has 0 radical (unpaired) electrons. The SMILES string of the molecule is O=C(NNc1ccccc1)c1ncccn1. The fraction of sp³-hybridized carbons (Fsp3) is 0. The van der Waals surface area contributed by atoms with E-state index in [1.807, 2.05) is 30.3 Å². The number of carbonyl (C=O) groups excluding carboxylic acids is 1. The molecule has 0 aliphatic heterocycles. The summed E-state index contributed by atoms with van der Waals surface area (Å²) in [5, 5.41) is 0. The molecule has 2 rings (SSSR count). The van der Waals surface area contributed by atoms with Gasteiger partial charge in [0, 0.05) is 12.4 Å². The molecule has 80 valence electrons. The van der Waals surface area contributed by atoms with Crippen LogP contribution in [0.3, 0.4) is 0 Å². The topological polar surface area (TPSA) is 66.9 Å². The molecule has 1 heterocycles. The number of nitrogens with one attached hydrogen (secondary N) is 2. The number of hydrogen-bond acceptors (Lipinski definition) is 4. The van der Waals surface area contributed by atoms with Gasteiger partial charge < -0.3 is 0 Å². The van der Waals surface area contributed by atoms with Crippen molar-refractivity contribution in [2.24, 2.45) is 0 Å². The number of hydrazine groups is 1. The molecule has 0 atom stereocenters. The molecule has 0 saturated heterocycles. The van der Waals surface area contributed by atoms with Gasteiger partial charge in [0.05, 0.1) is 5.69 Å². The van der Waals surface area contributed by atoms with Gasteiger partial charge in [0.15, 0.2) is 0 Å². The van der Waals surface area contributed by atoms with Gasteiger partial charge >= 0.3 is 5.91 Å². The molecule has 5 nitrogen and oxygen atoms in total. The van der Waals surface area contributed by atoms with Crippen LogP contribution in [-0.4, -0.2) is 15.9 Å². The number of benzene rings is 1. The average Bonchev–Trinajstić information content (AvgIpc) is 2.38. The van der Waals surface area contributed by atoms with E-state index < -0.39 is 0 Å². The van der Waals surface area contributed by atoms with E-state index >= 15 is 0 Å². The van der Waals surface area contributed by atoms with Crippen molar-refractivity contribution in [3.63, 3.8) is 0 Å². The Hall–Kier alpha value is -2.43. The molecule has 2 aromatic rings. The minimum absolute atomic E-state index is 0.130. The molecule has 0 unspecified atom stereocenters. The lowest BCUT2D eigenvalue weighted by atomic mass is 10.3. The highest BCUT2D eigenvalue weighted by atomic mass is 16.2. The Labute approximate surface area is 92.5 Å². The van der Waals surface area contributed by atoms with Crippen LogP contribution in [0.15, 0.2) is 48.8 Å². The van der Waals surface area contributed by atoms with Gasteiger partial charge in [-0.25, -0.2) is 9.97 Å². The third kappa shape index (κ3) is 2.54. The van der Waals surface area contributed by atoms with Crippen molar-refractivity contribution < 1.29 is 4.79 Å². The molecule has 5 heteroatoms. The first-order chi connectivity index (χ1) is 7.86. The number of anilines is 1. The van der Waals surface area contributed by atoms with Crippen molar-refractivity contribution in [3.8, 4) is 0 Å². The number of para-hydroxylation sites is 1. The number of amides is 1. The zero-order valence-corrected chi connectivity index (χ0v) is 8.42. The van der Waals surface area contributed by atoms with Crippen LogP contribution in [0.2, 0.25) is 0 Å². The van der Waals surface area contributed by atoms with E-state index in [-0.39, 0.29) is 11.7 Å². The quantitative estimate of drug-likeness (QED) is 0.754. The van der Waals surface area contributed by atoms with Gasteiger partial charge in [-0.1, -0.05) is 18.2 Å². The second-order valence-electron chi connectivity index (χ2n) is 3.02. The number of hydrogen-bond donors (Lipinski definition) is 2. The Kier molecular flexibility index (Phi) is 3.08.